The van der Waals surface area contributed by atoms with Gasteiger partial charge in [0.15, 0.2) is 5.65 Å². The first-order valence-electron chi connectivity index (χ1n) is 5.97. The molecular weight excluding hydrogens is 232 g/mol. The molecule has 3 N–H and O–H groups in total. The van der Waals surface area contributed by atoms with E-state index in [2.05, 4.69) is 47.6 Å². The molecule has 0 spiro atoms. The van der Waals surface area contributed by atoms with E-state index in [-0.39, 0.29) is 16.7 Å². The van der Waals surface area contributed by atoms with Crippen molar-refractivity contribution in [2.75, 3.05) is 0 Å². The Kier molecular flexibility index (Phi) is 1.83. The highest BCUT2D eigenvalue weighted by atomic mass is 16.2. The zero-order valence-corrected chi connectivity index (χ0v) is 10.8. The van der Waals surface area contributed by atoms with E-state index in [4.69, 9.17) is 0 Å². The Balaban J connectivity index is 2.20. The zero-order chi connectivity index (χ0) is 13.3. The molecule has 18 heavy (non-hydrogen) atoms. The van der Waals surface area contributed by atoms with Gasteiger partial charge in [0.25, 0.3) is 5.56 Å². The van der Waals surface area contributed by atoms with Crippen molar-refractivity contribution in [3.05, 3.63) is 26.7 Å². The molecule has 1 saturated carbocycles. The van der Waals surface area contributed by atoms with Gasteiger partial charge in [-0.25, -0.2) is 9.78 Å². The summed E-state index contributed by atoms with van der Waals surface area (Å²) in [5.74, 6) is 1.03. The summed E-state index contributed by atoms with van der Waals surface area (Å²) >= 11 is 0. The van der Waals surface area contributed by atoms with Crippen molar-refractivity contribution in [1.29, 1.82) is 0 Å². The maximum Gasteiger partial charge on any atom is 0.327 e. The Morgan fingerprint density at radius 1 is 1.00 bits per heavy atom. The van der Waals surface area contributed by atoms with Crippen LogP contribution < -0.4 is 11.2 Å². The predicted molar refractivity (Wildman–Crippen MR) is 67.6 cm³/mol. The predicted octanol–water partition coefficient (Wildman–Crippen LogP) is 1.09. The molecule has 1 aliphatic rings. The average molecular weight is 248 g/mol. The van der Waals surface area contributed by atoms with Crippen molar-refractivity contribution >= 4 is 11.2 Å². The number of aromatic nitrogens is 4. The highest BCUT2D eigenvalue weighted by Gasteiger charge is 2.66. The summed E-state index contributed by atoms with van der Waals surface area (Å²) in [5.41, 5.74) is -0.0222. The van der Waals surface area contributed by atoms with Crippen LogP contribution in [0.4, 0.5) is 0 Å². The van der Waals surface area contributed by atoms with Crippen LogP contribution in [0.1, 0.15) is 39.4 Å². The molecule has 3 rings (SSSR count). The second-order valence-electron chi connectivity index (χ2n) is 6.13. The largest absolute Gasteiger partial charge is 0.336 e. The lowest BCUT2D eigenvalue weighted by atomic mass is 10.0. The van der Waals surface area contributed by atoms with Gasteiger partial charge in [-0.3, -0.25) is 14.8 Å². The molecule has 6 heteroatoms. The lowest BCUT2D eigenvalue weighted by Gasteiger charge is -2.03. The lowest BCUT2D eigenvalue weighted by Crippen LogP contribution is -2.21. The van der Waals surface area contributed by atoms with Gasteiger partial charge in [-0.05, 0) is 10.8 Å². The first-order valence-corrected chi connectivity index (χ1v) is 5.97. The Labute approximate surface area is 103 Å². The van der Waals surface area contributed by atoms with Gasteiger partial charge in [-0.2, -0.15) is 0 Å². The van der Waals surface area contributed by atoms with E-state index in [1.807, 2.05) is 0 Å². The molecule has 0 aromatic carbocycles. The van der Waals surface area contributed by atoms with Crippen molar-refractivity contribution < 1.29 is 0 Å². The second kappa shape index (κ2) is 2.93. The number of hydrogen-bond donors (Lipinski definition) is 3. The first kappa shape index (κ1) is 11.3. The van der Waals surface area contributed by atoms with Crippen molar-refractivity contribution in [2.45, 2.75) is 33.6 Å². The number of nitrogens with one attached hydrogen (secondary N) is 3. The van der Waals surface area contributed by atoms with E-state index in [0.717, 1.165) is 5.82 Å². The molecule has 0 amide bonds. The Hall–Kier alpha value is -1.85. The van der Waals surface area contributed by atoms with Crippen LogP contribution in [-0.2, 0) is 0 Å². The minimum atomic E-state index is -0.528. The van der Waals surface area contributed by atoms with Gasteiger partial charge in [0, 0.05) is 5.92 Å². The van der Waals surface area contributed by atoms with E-state index < -0.39 is 11.2 Å². The van der Waals surface area contributed by atoms with Gasteiger partial charge in [0.05, 0.1) is 0 Å². The van der Waals surface area contributed by atoms with Crippen molar-refractivity contribution in [1.82, 2.24) is 19.9 Å². The maximum atomic E-state index is 11.6. The summed E-state index contributed by atoms with van der Waals surface area (Å²) in [4.78, 5) is 34.9. The molecule has 0 saturated heterocycles. The fourth-order valence-electron chi connectivity index (χ4n) is 2.97. The molecule has 96 valence electrons. The third kappa shape index (κ3) is 1.20. The van der Waals surface area contributed by atoms with Gasteiger partial charge in [0.1, 0.15) is 11.3 Å². The SMILES string of the molecule is CC1(C)C(c2nc3[nH]c(=O)[nH]c(=O)c3[nH]2)C1(C)C. The van der Waals surface area contributed by atoms with Crippen molar-refractivity contribution in [3.8, 4) is 0 Å². The molecule has 6 nitrogen and oxygen atoms in total. The Morgan fingerprint density at radius 2 is 1.61 bits per heavy atom. The third-order valence-electron chi connectivity index (χ3n) is 4.70. The summed E-state index contributed by atoms with van der Waals surface area (Å²) in [5, 5.41) is 0. The monoisotopic (exact) mass is 248 g/mol. The fourth-order valence-corrected chi connectivity index (χ4v) is 2.97. The second-order valence-corrected chi connectivity index (χ2v) is 6.13. The van der Waals surface area contributed by atoms with Gasteiger partial charge < -0.3 is 4.98 Å². The molecule has 0 bridgehead atoms. The number of nitrogens with zero attached hydrogens (tertiary/aromatic N) is 1. The van der Waals surface area contributed by atoms with E-state index in [1.165, 1.54) is 0 Å². The van der Waals surface area contributed by atoms with Gasteiger partial charge in [0.2, 0.25) is 0 Å². The van der Waals surface area contributed by atoms with Crippen LogP contribution in [0.15, 0.2) is 9.59 Å². The molecule has 2 aromatic heterocycles. The lowest BCUT2D eigenvalue weighted by molar-refractivity contribution is 0.457. The molecule has 0 radical (unpaired) electrons. The number of hydrogen-bond acceptors (Lipinski definition) is 3. The molecule has 2 heterocycles. The summed E-state index contributed by atoms with van der Waals surface area (Å²) in [7, 11) is 0. The van der Waals surface area contributed by atoms with Gasteiger partial charge in [-0.1, -0.05) is 27.7 Å². The standard InChI is InChI=1S/C12H16N4O2/c1-11(2)6(12(11,3)4)8-13-5-7(14-8)15-10(18)16-9(5)17/h6H,1-4H3,(H3,13,14,15,16,17,18). The van der Waals surface area contributed by atoms with E-state index in [1.54, 1.807) is 0 Å². The third-order valence-corrected chi connectivity index (χ3v) is 4.70. The molecule has 0 aliphatic heterocycles. The van der Waals surface area contributed by atoms with Crippen LogP contribution in [0, 0.1) is 10.8 Å². The first-order chi connectivity index (χ1) is 8.25. The summed E-state index contributed by atoms with van der Waals surface area (Å²) in [6.07, 6.45) is 0. The number of H-pyrrole nitrogens is 3. The van der Waals surface area contributed by atoms with Crippen LogP contribution in [-0.4, -0.2) is 19.9 Å². The molecule has 1 aliphatic carbocycles. The van der Waals surface area contributed by atoms with E-state index in [0.29, 0.717) is 11.2 Å². The summed E-state index contributed by atoms with van der Waals surface area (Å²) < 4.78 is 0. The highest BCUT2D eigenvalue weighted by molar-refractivity contribution is 5.69. The fraction of sp³-hybridized carbons (Fsp3) is 0.583. The van der Waals surface area contributed by atoms with E-state index >= 15 is 0 Å². The smallest absolute Gasteiger partial charge is 0.327 e. The maximum absolute atomic E-state index is 11.6. The summed E-state index contributed by atoms with van der Waals surface area (Å²) in [6.45, 7) is 8.71. The van der Waals surface area contributed by atoms with Crippen molar-refractivity contribution in [2.24, 2.45) is 10.8 Å². The molecule has 2 aromatic rings. The molecule has 1 fully saturated rings. The molecule has 0 atom stereocenters. The Morgan fingerprint density at radius 3 is 2.17 bits per heavy atom. The minimum absolute atomic E-state index is 0.133. The van der Waals surface area contributed by atoms with Gasteiger partial charge in [-0.15, -0.1) is 0 Å². The highest BCUT2D eigenvalue weighted by Crippen LogP contribution is 2.73. The zero-order valence-electron chi connectivity index (χ0n) is 10.8. The van der Waals surface area contributed by atoms with Crippen LogP contribution >= 0.6 is 0 Å². The average Bonchev–Trinajstić information content (AvgIpc) is 2.57. The molecular formula is C12H16N4O2. The van der Waals surface area contributed by atoms with Gasteiger partial charge >= 0.3 is 5.69 Å². The quantitative estimate of drug-likeness (QED) is 0.705. The van der Waals surface area contributed by atoms with Crippen LogP contribution in [0.5, 0.6) is 0 Å². The Bertz CT molecular complexity index is 733. The summed E-state index contributed by atoms with van der Waals surface area (Å²) in [6, 6.07) is 0. The number of imidazole rings is 1. The molecule has 0 unspecified atom stereocenters. The normalized spacial score (nSPS) is 21.3. The topological polar surface area (TPSA) is 94.4 Å². The van der Waals surface area contributed by atoms with Crippen LogP contribution in [0.25, 0.3) is 11.2 Å². The van der Waals surface area contributed by atoms with Crippen molar-refractivity contribution in [3.63, 3.8) is 0 Å². The number of fused-ring (bicyclic) bond motifs is 1. The number of aromatic amines is 3. The van der Waals surface area contributed by atoms with Crippen LogP contribution in [0.2, 0.25) is 0 Å². The minimum Gasteiger partial charge on any atom is -0.336 e. The number of rotatable bonds is 1. The van der Waals surface area contributed by atoms with Crippen LogP contribution in [0.3, 0.4) is 0 Å². The van der Waals surface area contributed by atoms with E-state index in [9.17, 15) is 9.59 Å².